The molecule has 24 heavy (non-hydrogen) atoms. The van der Waals surface area contributed by atoms with Crippen molar-refractivity contribution >= 4 is 44.5 Å². The van der Waals surface area contributed by atoms with Gasteiger partial charge in [-0.2, -0.15) is 0 Å². The first-order valence-electron chi connectivity index (χ1n) is 6.38. The Balaban J connectivity index is 2.54. The largest absolute Gasteiger partial charge is 0.478 e. The zero-order chi connectivity index (χ0) is 18.1. The maximum absolute atomic E-state index is 11.4. The molecule has 0 aromatic heterocycles. The molecule has 0 atom stereocenters. The fraction of sp³-hybridized carbons (Fsp3) is 0.0714. The van der Waals surface area contributed by atoms with Gasteiger partial charge in [0.15, 0.2) is 9.84 Å². The summed E-state index contributed by atoms with van der Waals surface area (Å²) >= 11 is 5.83. The molecular formula is C14H11ClN2O6S. The first-order valence-corrected chi connectivity index (χ1v) is 8.65. The summed E-state index contributed by atoms with van der Waals surface area (Å²) in [5.74, 6) is -1.43. The van der Waals surface area contributed by atoms with Crippen LogP contribution in [-0.2, 0) is 9.84 Å². The molecule has 2 aromatic rings. The van der Waals surface area contributed by atoms with E-state index in [1.807, 2.05) is 0 Å². The average Bonchev–Trinajstić information content (AvgIpc) is 2.46. The van der Waals surface area contributed by atoms with Crippen LogP contribution in [0, 0.1) is 10.1 Å². The summed E-state index contributed by atoms with van der Waals surface area (Å²) in [5.41, 5.74) is -0.926. The number of nitrogens with one attached hydrogen (secondary N) is 1. The van der Waals surface area contributed by atoms with Crippen LogP contribution in [0.3, 0.4) is 0 Å². The molecule has 0 unspecified atom stereocenters. The number of halogens is 1. The highest BCUT2D eigenvalue weighted by Gasteiger charge is 2.25. The van der Waals surface area contributed by atoms with E-state index in [9.17, 15) is 28.4 Å². The number of anilines is 2. The number of nitro groups is 1. The molecule has 0 bridgehead atoms. The molecule has 2 rings (SSSR count). The van der Waals surface area contributed by atoms with E-state index in [0.717, 1.165) is 18.4 Å². The Hall–Kier alpha value is -2.65. The third-order valence-corrected chi connectivity index (χ3v) is 4.54. The van der Waals surface area contributed by atoms with Crippen molar-refractivity contribution in [2.45, 2.75) is 4.90 Å². The maximum atomic E-state index is 11.4. The highest BCUT2D eigenvalue weighted by Crippen LogP contribution is 2.35. The summed E-state index contributed by atoms with van der Waals surface area (Å²) in [7, 11) is -3.39. The van der Waals surface area contributed by atoms with Crippen molar-refractivity contribution in [1.82, 2.24) is 0 Å². The molecule has 0 heterocycles. The monoisotopic (exact) mass is 370 g/mol. The summed E-state index contributed by atoms with van der Waals surface area (Å²) < 4.78 is 22.9. The number of carbonyl (C=O) groups is 1. The van der Waals surface area contributed by atoms with Crippen LogP contribution in [0.1, 0.15) is 10.4 Å². The Morgan fingerprint density at radius 2 is 1.79 bits per heavy atom. The van der Waals surface area contributed by atoms with Crippen LogP contribution in [0.5, 0.6) is 0 Å². The van der Waals surface area contributed by atoms with E-state index < -0.39 is 32.0 Å². The van der Waals surface area contributed by atoms with Crippen molar-refractivity contribution in [2.24, 2.45) is 0 Å². The number of carboxylic acids is 1. The molecule has 0 saturated heterocycles. The van der Waals surface area contributed by atoms with E-state index in [1.54, 1.807) is 0 Å². The smallest absolute Gasteiger partial charge is 0.339 e. The number of hydrogen-bond acceptors (Lipinski definition) is 6. The van der Waals surface area contributed by atoms with Crippen LogP contribution >= 0.6 is 11.6 Å². The minimum absolute atomic E-state index is 0.0621. The SMILES string of the molecule is CS(=O)(=O)c1ccc(Nc2c([N+](=O)[O-])ccc(Cl)c2C(=O)O)cc1. The molecule has 0 saturated carbocycles. The molecule has 8 nitrogen and oxygen atoms in total. The summed E-state index contributed by atoms with van der Waals surface area (Å²) in [4.78, 5) is 21.8. The van der Waals surface area contributed by atoms with Crippen molar-refractivity contribution in [1.29, 1.82) is 0 Å². The Bertz CT molecular complexity index is 925. The highest BCUT2D eigenvalue weighted by atomic mass is 35.5. The molecule has 10 heteroatoms. The van der Waals surface area contributed by atoms with Crippen LogP contribution in [0.4, 0.5) is 17.1 Å². The minimum Gasteiger partial charge on any atom is -0.478 e. The van der Waals surface area contributed by atoms with Crippen molar-refractivity contribution in [3.8, 4) is 0 Å². The summed E-state index contributed by atoms with van der Waals surface area (Å²) in [6.07, 6.45) is 1.04. The lowest BCUT2D eigenvalue weighted by atomic mass is 10.1. The van der Waals surface area contributed by atoms with Crippen LogP contribution in [0.15, 0.2) is 41.3 Å². The Morgan fingerprint density at radius 3 is 2.25 bits per heavy atom. The lowest BCUT2D eigenvalue weighted by molar-refractivity contribution is -0.383. The van der Waals surface area contributed by atoms with Gasteiger partial charge in [0.05, 0.1) is 14.8 Å². The zero-order valence-electron chi connectivity index (χ0n) is 12.2. The van der Waals surface area contributed by atoms with Gasteiger partial charge in [-0.25, -0.2) is 13.2 Å². The minimum atomic E-state index is -3.39. The molecule has 0 radical (unpaired) electrons. The van der Waals surface area contributed by atoms with Crippen LogP contribution in [-0.4, -0.2) is 30.7 Å². The first-order chi connectivity index (χ1) is 11.1. The van der Waals surface area contributed by atoms with Crippen molar-refractivity contribution in [3.05, 3.63) is 57.1 Å². The van der Waals surface area contributed by atoms with Gasteiger partial charge in [0, 0.05) is 18.0 Å². The number of rotatable bonds is 5. The number of hydrogen-bond donors (Lipinski definition) is 2. The molecule has 2 N–H and O–H groups in total. The number of aromatic carboxylic acids is 1. The first kappa shape index (κ1) is 17.7. The van der Waals surface area contributed by atoms with Gasteiger partial charge < -0.3 is 10.4 Å². The summed E-state index contributed by atoms with van der Waals surface area (Å²) in [5, 5.41) is 22.8. The predicted molar refractivity (Wildman–Crippen MR) is 87.9 cm³/mol. The van der Waals surface area contributed by atoms with Crippen LogP contribution in [0.2, 0.25) is 5.02 Å². The lowest BCUT2D eigenvalue weighted by Crippen LogP contribution is -2.07. The standard InChI is InChI=1S/C14H11ClN2O6S/c1-24(22,23)9-4-2-8(3-5-9)16-13-11(17(20)21)7-6-10(15)12(13)14(18)19/h2-7,16H,1H3,(H,18,19). The molecule has 0 aliphatic carbocycles. The third-order valence-electron chi connectivity index (χ3n) is 3.09. The fourth-order valence-corrected chi connectivity index (χ4v) is 2.85. The van der Waals surface area contributed by atoms with E-state index in [2.05, 4.69) is 5.32 Å². The molecule has 0 amide bonds. The zero-order valence-corrected chi connectivity index (χ0v) is 13.8. The highest BCUT2D eigenvalue weighted by molar-refractivity contribution is 7.90. The molecular weight excluding hydrogens is 360 g/mol. The predicted octanol–water partition coefficient (Wildman–Crippen LogP) is 3.09. The second-order valence-corrected chi connectivity index (χ2v) is 7.22. The normalized spacial score (nSPS) is 11.1. The lowest BCUT2D eigenvalue weighted by Gasteiger charge is -2.11. The number of carboxylic acid groups (broad SMARTS) is 1. The summed E-state index contributed by atoms with van der Waals surface area (Å²) in [6.45, 7) is 0. The van der Waals surface area contributed by atoms with E-state index >= 15 is 0 Å². The van der Waals surface area contributed by atoms with Gasteiger partial charge in [0.25, 0.3) is 5.69 Å². The number of sulfone groups is 1. The number of nitro benzene ring substituents is 1. The van der Waals surface area contributed by atoms with Crippen molar-refractivity contribution < 1.29 is 23.2 Å². The average molecular weight is 371 g/mol. The van der Waals surface area contributed by atoms with Crippen molar-refractivity contribution in [3.63, 3.8) is 0 Å². The molecule has 0 aliphatic rings. The van der Waals surface area contributed by atoms with Gasteiger partial charge in [0.2, 0.25) is 0 Å². The molecule has 2 aromatic carbocycles. The molecule has 0 aliphatic heterocycles. The van der Waals surface area contributed by atoms with Gasteiger partial charge >= 0.3 is 5.97 Å². The molecule has 0 spiro atoms. The van der Waals surface area contributed by atoms with E-state index in [4.69, 9.17) is 11.6 Å². The second kappa shape index (κ2) is 6.46. The van der Waals surface area contributed by atoms with Gasteiger partial charge in [-0.15, -0.1) is 0 Å². The Labute approximate surface area is 141 Å². The molecule has 0 fully saturated rings. The Kier molecular flexibility index (Phi) is 4.76. The van der Waals surface area contributed by atoms with E-state index in [0.29, 0.717) is 0 Å². The molecule has 126 valence electrons. The third kappa shape index (κ3) is 3.63. The number of nitrogens with zero attached hydrogens (tertiary/aromatic N) is 1. The topological polar surface area (TPSA) is 127 Å². The van der Waals surface area contributed by atoms with Gasteiger partial charge in [0.1, 0.15) is 11.3 Å². The van der Waals surface area contributed by atoms with Gasteiger partial charge in [-0.3, -0.25) is 10.1 Å². The van der Waals surface area contributed by atoms with Crippen LogP contribution in [0.25, 0.3) is 0 Å². The Morgan fingerprint density at radius 1 is 1.21 bits per heavy atom. The van der Waals surface area contributed by atoms with Crippen LogP contribution < -0.4 is 5.32 Å². The van der Waals surface area contributed by atoms with E-state index in [-0.39, 0.29) is 21.3 Å². The maximum Gasteiger partial charge on any atom is 0.339 e. The van der Waals surface area contributed by atoms with Crippen molar-refractivity contribution in [2.75, 3.05) is 11.6 Å². The fourth-order valence-electron chi connectivity index (χ4n) is 1.98. The van der Waals surface area contributed by atoms with E-state index in [1.165, 1.54) is 24.3 Å². The summed E-state index contributed by atoms with van der Waals surface area (Å²) in [6, 6.07) is 7.55. The number of benzene rings is 2. The van der Waals surface area contributed by atoms with Gasteiger partial charge in [-0.1, -0.05) is 11.6 Å². The quantitative estimate of drug-likeness (QED) is 0.611. The second-order valence-electron chi connectivity index (χ2n) is 4.80. The van der Waals surface area contributed by atoms with Gasteiger partial charge in [-0.05, 0) is 30.3 Å².